The van der Waals surface area contributed by atoms with E-state index in [1.54, 1.807) is 31.2 Å². The van der Waals surface area contributed by atoms with Crippen LogP contribution in [0.2, 0.25) is 0 Å². The summed E-state index contributed by atoms with van der Waals surface area (Å²) in [5.74, 6) is -2.02. The topological polar surface area (TPSA) is 135 Å². The van der Waals surface area contributed by atoms with Crippen molar-refractivity contribution in [3.63, 3.8) is 0 Å². The lowest BCUT2D eigenvalue weighted by atomic mass is 10.0. The minimum absolute atomic E-state index is 0.0111. The summed E-state index contributed by atoms with van der Waals surface area (Å²) in [6, 6.07) is 10.7. The number of carboxylic acids is 2. The number of aromatic hydroxyl groups is 1. The molecule has 0 amide bonds. The molecule has 0 aliphatic heterocycles. The first kappa shape index (κ1) is 23.1. The molecule has 2 aromatic rings. The minimum atomic E-state index is -1.12. The van der Waals surface area contributed by atoms with Gasteiger partial charge in [0.15, 0.2) is 0 Å². The van der Waals surface area contributed by atoms with Crippen molar-refractivity contribution in [1.82, 2.24) is 0 Å². The molecule has 0 saturated heterocycles. The molecule has 0 saturated carbocycles. The van der Waals surface area contributed by atoms with E-state index in [0.717, 1.165) is 18.1 Å². The maximum absolute atomic E-state index is 10.6. The Bertz CT molecular complexity index is 784. The van der Waals surface area contributed by atoms with Crippen molar-refractivity contribution in [2.45, 2.75) is 45.3 Å². The summed E-state index contributed by atoms with van der Waals surface area (Å²) >= 11 is 0. The molecule has 2 atom stereocenters. The van der Waals surface area contributed by atoms with Crippen LogP contribution in [0.25, 0.3) is 0 Å². The highest BCUT2D eigenvalue weighted by Crippen LogP contribution is 2.14. The molecule has 0 aliphatic carbocycles. The van der Waals surface area contributed by atoms with Gasteiger partial charge in [-0.05, 0) is 48.7 Å². The number of aliphatic hydroxyl groups excluding tert-OH is 2. The maximum atomic E-state index is 10.6. The molecule has 0 aliphatic rings. The number of rotatable bonds is 7. The van der Waals surface area contributed by atoms with Gasteiger partial charge in [0.2, 0.25) is 0 Å². The number of aromatic carboxylic acids is 2. The summed E-state index contributed by atoms with van der Waals surface area (Å²) in [4.78, 5) is 21.1. The Morgan fingerprint density at radius 3 is 2.04 bits per heavy atom. The van der Waals surface area contributed by atoms with Crippen LogP contribution in [0.3, 0.4) is 0 Å². The van der Waals surface area contributed by atoms with Gasteiger partial charge in [0, 0.05) is 6.42 Å². The normalized spacial score (nSPS) is 12.4. The van der Waals surface area contributed by atoms with Crippen LogP contribution in [0.15, 0.2) is 42.5 Å². The Labute approximate surface area is 163 Å². The highest BCUT2D eigenvalue weighted by Gasteiger charge is 2.15. The van der Waals surface area contributed by atoms with Gasteiger partial charge in [0.25, 0.3) is 0 Å². The molecular formula is C21H26O7. The summed E-state index contributed by atoms with van der Waals surface area (Å²) < 4.78 is 0. The second kappa shape index (κ2) is 11.1. The van der Waals surface area contributed by atoms with Gasteiger partial charge in [0.05, 0.1) is 23.3 Å². The molecule has 28 heavy (non-hydrogen) atoms. The lowest BCUT2D eigenvalue weighted by molar-refractivity contribution is 0.0148. The Morgan fingerprint density at radius 2 is 1.54 bits per heavy atom. The molecule has 2 aromatic carbocycles. The van der Waals surface area contributed by atoms with E-state index in [1.807, 2.05) is 6.92 Å². The van der Waals surface area contributed by atoms with Crippen molar-refractivity contribution >= 4 is 11.9 Å². The number of aliphatic hydroxyl groups is 2. The van der Waals surface area contributed by atoms with Gasteiger partial charge in [-0.2, -0.15) is 0 Å². The second-order valence-electron chi connectivity index (χ2n) is 6.43. The zero-order valence-electron chi connectivity index (χ0n) is 15.9. The third-order valence-corrected chi connectivity index (χ3v) is 4.12. The van der Waals surface area contributed by atoms with E-state index in [0.29, 0.717) is 18.4 Å². The summed E-state index contributed by atoms with van der Waals surface area (Å²) in [6.07, 6.45) is 0.493. The van der Waals surface area contributed by atoms with Gasteiger partial charge in [-0.25, -0.2) is 9.59 Å². The molecule has 7 heteroatoms. The number of phenolic OH excluding ortho intramolecular Hbond substituents is 1. The van der Waals surface area contributed by atoms with E-state index in [1.165, 1.54) is 12.1 Å². The van der Waals surface area contributed by atoms with Gasteiger partial charge < -0.3 is 25.5 Å². The average molecular weight is 390 g/mol. The molecule has 0 radical (unpaired) electrons. The predicted molar refractivity (Wildman–Crippen MR) is 104 cm³/mol. The van der Waals surface area contributed by atoms with Crippen LogP contribution in [0, 0.1) is 6.92 Å². The van der Waals surface area contributed by atoms with E-state index in [9.17, 15) is 19.8 Å². The number of phenols is 1. The van der Waals surface area contributed by atoms with Crippen LogP contribution in [0.5, 0.6) is 5.75 Å². The van der Waals surface area contributed by atoms with Crippen molar-refractivity contribution < 1.29 is 35.1 Å². The highest BCUT2D eigenvalue weighted by atomic mass is 16.4. The number of aryl methyl sites for hydroxylation is 1. The van der Waals surface area contributed by atoms with Crippen molar-refractivity contribution in [3.8, 4) is 5.75 Å². The summed E-state index contributed by atoms with van der Waals surface area (Å²) in [5, 5.41) is 45.5. The smallest absolute Gasteiger partial charge is 0.335 e. The monoisotopic (exact) mass is 390 g/mol. The fourth-order valence-electron chi connectivity index (χ4n) is 2.48. The molecule has 0 aromatic heterocycles. The fraction of sp³-hybridized carbons (Fsp3) is 0.333. The van der Waals surface area contributed by atoms with Crippen molar-refractivity contribution in [2.24, 2.45) is 0 Å². The van der Waals surface area contributed by atoms with E-state index < -0.39 is 24.1 Å². The Hall–Kier alpha value is -2.90. The van der Waals surface area contributed by atoms with Crippen molar-refractivity contribution in [1.29, 1.82) is 0 Å². The largest absolute Gasteiger partial charge is 0.508 e. The Balaban J connectivity index is 0.000000283. The Kier molecular flexibility index (Phi) is 9.14. The number of hydrogen-bond donors (Lipinski definition) is 5. The molecule has 5 N–H and O–H groups in total. The number of carboxylic acid groups (broad SMARTS) is 2. The van der Waals surface area contributed by atoms with Gasteiger partial charge >= 0.3 is 11.9 Å². The Morgan fingerprint density at radius 1 is 0.929 bits per heavy atom. The van der Waals surface area contributed by atoms with Crippen LogP contribution < -0.4 is 0 Å². The predicted octanol–water partition coefficient (Wildman–Crippen LogP) is 2.85. The van der Waals surface area contributed by atoms with E-state index in [-0.39, 0.29) is 16.9 Å². The average Bonchev–Trinajstić information content (AvgIpc) is 2.64. The third-order valence-electron chi connectivity index (χ3n) is 4.12. The molecule has 0 heterocycles. The molecule has 152 valence electrons. The van der Waals surface area contributed by atoms with Gasteiger partial charge in [-0.1, -0.05) is 31.5 Å². The highest BCUT2D eigenvalue weighted by molar-refractivity contribution is 5.94. The first-order valence-electron chi connectivity index (χ1n) is 8.87. The standard InChI is InChI=1S/C12H18O3.C9H8O4/c1-2-3-11(14)12(15)8-9-4-6-10(13)7-5-9;1-5-2-3-6(8(10)11)4-7(5)9(12)13/h4-7,11-15H,2-3,8H2,1H3;2-4H,1H3,(H,10,11)(H,12,13). The number of benzene rings is 2. The summed E-state index contributed by atoms with van der Waals surface area (Å²) in [7, 11) is 0. The third kappa shape index (κ3) is 7.38. The van der Waals surface area contributed by atoms with Gasteiger partial charge in [0.1, 0.15) is 5.75 Å². The fourth-order valence-corrected chi connectivity index (χ4v) is 2.48. The van der Waals surface area contributed by atoms with Gasteiger partial charge in [-0.3, -0.25) is 0 Å². The second-order valence-corrected chi connectivity index (χ2v) is 6.43. The molecule has 7 nitrogen and oxygen atoms in total. The quantitative estimate of drug-likeness (QED) is 0.490. The minimum Gasteiger partial charge on any atom is -0.508 e. The number of hydrogen-bond acceptors (Lipinski definition) is 5. The van der Waals surface area contributed by atoms with Crippen LogP contribution in [0.4, 0.5) is 0 Å². The summed E-state index contributed by atoms with van der Waals surface area (Å²) in [5.41, 5.74) is 1.48. The van der Waals surface area contributed by atoms with Crippen molar-refractivity contribution in [3.05, 3.63) is 64.7 Å². The van der Waals surface area contributed by atoms with Crippen LogP contribution in [0.1, 0.15) is 51.6 Å². The first-order valence-corrected chi connectivity index (χ1v) is 8.87. The zero-order valence-corrected chi connectivity index (χ0v) is 15.9. The van der Waals surface area contributed by atoms with Crippen LogP contribution in [-0.2, 0) is 6.42 Å². The summed E-state index contributed by atoms with van der Waals surface area (Å²) in [6.45, 7) is 3.59. The maximum Gasteiger partial charge on any atom is 0.335 e. The van der Waals surface area contributed by atoms with E-state index >= 15 is 0 Å². The van der Waals surface area contributed by atoms with Crippen LogP contribution in [-0.4, -0.2) is 49.7 Å². The van der Waals surface area contributed by atoms with Crippen LogP contribution >= 0.6 is 0 Å². The first-order chi connectivity index (χ1) is 13.1. The lowest BCUT2D eigenvalue weighted by Gasteiger charge is -2.17. The molecular weight excluding hydrogens is 364 g/mol. The molecule has 2 unspecified atom stereocenters. The molecule has 0 fully saturated rings. The lowest BCUT2D eigenvalue weighted by Crippen LogP contribution is -2.27. The SMILES string of the molecule is CCCC(O)C(O)Cc1ccc(O)cc1.Cc1ccc(C(=O)O)cc1C(=O)O. The van der Waals surface area contributed by atoms with E-state index in [4.69, 9.17) is 15.3 Å². The van der Waals surface area contributed by atoms with E-state index in [2.05, 4.69) is 0 Å². The number of carbonyl (C=O) groups is 2. The molecule has 0 spiro atoms. The molecule has 0 bridgehead atoms. The van der Waals surface area contributed by atoms with Gasteiger partial charge in [-0.15, -0.1) is 0 Å². The zero-order chi connectivity index (χ0) is 21.3. The van der Waals surface area contributed by atoms with Crippen molar-refractivity contribution in [2.75, 3.05) is 0 Å². The molecule has 2 rings (SSSR count).